The standard InChI is InChI=1S/C20H22N2O4/c21-13(9-10-19(23)24)11-22-20(25)26-12-18-16-7-3-1-5-14(16)15-6-2-4-8-17(15)18/h1-8,13,18H,9-12,21H2,(H,22,25)(H,23,24). The summed E-state index contributed by atoms with van der Waals surface area (Å²) in [6.07, 6.45) is -0.260. The van der Waals surface area contributed by atoms with E-state index >= 15 is 0 Å². The van der Waals surface area contributed by atoms with Crippen LogP contribution in [0.2, 0.25) is 0 Å². The Morgan fingerprint density at radius 1 is 1.08 bits per heavy atom. The van der Waals surface area contributed by atoms with E-state index in [9.17, 15) is 9.59 Å². The number of hydrogen-bond donors (Lipinski definition) is 3. The number of carboxylic acid groups (broad SMARTS) is 1. The molecule has 0 saturated heterocycles. The highest BCUT2D eigenvalue weighted by molar-refractivity contribution is 5.79. The van der Waals surface area contributed by atoms with Gasteiger partial charge in [-0.2, -0.15) is 0 Å². The number of nitrogens with two attached hydrogens (primary N) is 1. The lowest BCUT2D eigenvalue weighted by Gasteiger charge is -2.16. The molecular weight excluding hydrogens is 332 g/mol. The van der Waals surface area contributed by atoms with Crippen molar-refractivity contribution < 1.29 is 19.4 Å². The van der Waals surface area contributed by atoms with Crippen LogP contribution in [0.15, 0.2) is 48.5 Å². The Morgan fingerprint density at radius 3 is 2.23 bits per heavy atom. The van der Waals surface area contributed by atoms with Crippen LogP contribution in [0.5, 0.6) is 0 Å². The van der Waals surface area contributed by atoms with Gasteiger partial charge in [0.15, 0.2) is 0 Å². The molecule has 0 aliphatic heterocycles. The van der Waals surface area contributed by atoms with E-state index in [1.165, 1.54) is 11.1 Å². The molecule has 1 amide bonds. The van der Waals surface area contributed by atoms with Crippen LogP contribution < -0.4 is 11.1 Å². The Morgan fingerprint density at radius 2 is 1.65 bits per heavy atom. The zero-order valence-corrected chi connectivity index (χ0v) is 14.4. The molecule has 0 aromatic heterocycles. The molecule has 1 atom stereocenters. The zero-order chi connectivity index (χ0) is 18.5. The van der Waals surface area contributed by atoms with Crippen molar-refractivity contribution in [1.82, 2.24) is 5.32 Å². The molecule has 2 aromatic rings. The molecule has 1 unspecified atom stereocenters. The topological polar surface area (TPSA) is 102 Å². The van der Waals surface area contributed by atoms with Gasteiger partial charge in [-0.3, -0.25) is 4.79 Å². The van der Waals surface area contributed by atoms with Crippen LogP contribution in [-0.2, 0) is 9.53 Å². The smallest absolute Gasteiger partial charge is 0.407 e. The largest absolute Gasteiger partial charge is 0.481 e. The van der Waals surface area contributed by atoms with Gasteiger partial charge in [0, 0.05) is 24.9 Å². The molecule has 0 saturated carbocycles. The Balaban J connectivity index is 1.56. The number of carboxylic acids is 1. The van der Waals surface area contributed by atoms with Crippen molar-refractivity contribution in [2.24, 2.45) is 5.73 Å². The van der Waals surface area contributed by atoms with Crippen molar-refractivity contribution >= 4 is 12.1 Å². The zero-order valence-electron chi connectivity index (χ0n) is 14.4. The van der Waals surface area contributed by atoms with Crippen molar-refractivity contribution in [1.29, 1.82) is 0 Å². The molecule has 0 fully saturated rings. The minimum atomic E-state index is -0.901. The summed E-state index contributed by atoms with van der Waals surface area (Å²) in [7, 11) is 0. The van der Waals surface area contributed by atoms with Gasteiger partial charge >= 0.3 is 12.1 Å². The fourth-order valence-corrected chi connectivity index (χ4v) is 3.27. The van der Waals surface area contributed by atoms with Crippen molar-refractivity contribution in [3.63, 3.8) is 0 Å². The van der Waals surface area contributed by atoms with Gasteiger partial charge in [-0.1, -0.05) is 48.5 Å². The summed E-state index contributed by atoms with van der Waals surface area (Å²) in [4.78, 5) is 22.5. The lowest BCUT2D eigenvalue weighted by molar-refractivity contribution is -0.137. The average molecular weight is 354 g/mol. The van der Waals surface area contributed by atoms with Crippen LogP contribution in [-0.4, -0.2) is 36.4 Å². The summed E-state index contributed by atoms with van der Waals surface area (Å²) < 4.78 is 5.39. The number of alkyl carbamates (subject to hydrolysis) is 1. The maximum Gasteiger partial charge on any atom is 0.407 e. The van der Waals surface area contributed by atoms with Gasteiger partial charge in [0.25, 0.3) is 0 Å². The number of amides is 1. The number of carbonyl (C=O) groups excluding carboxylic acids is 1. The Bertz CT molecular complexity index is 760. The van der Waals surface area contributed by atoms with Gasteiger partial charge < -0.3 is 20.9 Å². The molecular formula is C20H22N2O4. The molecule has 1 aliphatic rings. The van der Waals surface area contributed by atoms with E-state index in [-0.39, 0.29) is 25.5 Å². The van der Waals surface area contributed by atoms with Crippen LogP contribution in [0, 0.1) is 0 Å². The van der Waals surface area contributed by atoms with Crippen LogP contribution >= 0.6 is 0 Å². The Kier molecular flexibility index (Phi) is 5.53. The van der Waals surface area contributed by atoms with E-state index in [0.29, 0.717) is 6.42 Å². The third-order valence-electron chi connectivity index (χ3n) is 4.58. The molecule has 2 aromatic carbocycles. The Labute approximate surface area is 152 Å². The highest BCUT2D eigenvalue weighted by Crippen LogP contribution is 2.44. The summed E-state index contributed by atoms with van der Waals surface area (Å²) in [5.41, 5.74) is 10.4. The summed E-state index contributed by atoms with van der Waals surface area (Å²) in [6.45, 7) is 0.425. The lowest BCUT2D eigenvalue weighted by Crippen LogP contribution is -2.38. The number of fused-ring (bicyclic) bond motifs is 3. The van der Waals surface area contributed by atoms with E-state index < -0.39 is 18.1 Å². The first-order chi connectivity index (χ1) is 12.6. The van der Waals surface area contributed by atoms with E-state index in [2.05, 4.69) is 29.6 Å². The SMILES string of the molecule is NC(CCC(=O)O)CNC(=O)OCC1c2ccccc2-c2ccccc21. The van der Waals surface area contributed by atoms with Gasteiger partial charge in [0.2, 0.25) is 0 Å². The number of nitrogens with one attached hydrogen (secondary N) is 1. The Hall–Kier alpha value is -2.86. The molecule has 3 rings (SSSR count). The van der Waals surface area contributed by atoms with Crippen molar-refractivity contribution in [2.45, 2.75) is 24.8 Å². The first-order valence-corrected chi connectivity index (χ1v) is 8.62. The van der Waals surface area contributed by atoms with Gasteiger partial charge in [0.1, 0.15) is 6.61 Å². The summed E-state index contributed by atoms with van der Waals surface area (Å²) in [6, 6.07) is 15.8. The van der Waals surface area contributed by atoms with Crippen molar-refractivity contribution in [2.75, 3.05) is 13.2 Å². The van der Waals surface area contributed by atoms with Crippen LogP contribution in [0.1, 0.15) is 29.9 Å². The van der Waals surface area contributed by atoms with E-state index in [1.807, 2.05) is 24.3 Å². The number of benzene rings is 2. The first-order valence-electron chi connectivity index (χ1n) is 8.62. The number of aliphatic carboxylic acids is 1. The minimum Gasteiger partial charge on any atom is -0.481 e. The number of rotatable bonds is 7. The van der Waals surface area contributed by atoms with Gasteiger partial charge in [0.05, 0.1) is 0 Å². The molecule has 0 bridgehead atoms. The lowest BCUT2D eigenvalue weighted by atomic mass is 9.98. The normalized spacial score (nSPS) is 13.6. The molecule has 6 heteroatoms. The van der Waals surface area contributed by atoms with Gasteiger partial charge in [-0.15, -0.1) is 0 Å². The number of carbonyl (C=O) groups is 2. The van der Waals surface area contributed by atoms with Crippen LogP contribution in [0.25, 0.3) is 11.1 Å². The second kappa shape index (κ2) is 8.01. The average Bonchev–Trinajstić information content (AvgIpc) is 2.97. The predicted octanol–water partition coefficient (Wildman–Crippen LogP) is 2.72. The molecule has 0 spiro atoms. The number of ether oxygens (including phenoxy) is 1. The second-order valence-corrected chi connectivity index (χ2v) is 6.40. The van der Waals surface area contributed by atoms with E-state index in [4.69, 9.17) is 15.6 Å². The molecule has 136 valence electrons. The van der Waals surface area contributed by atoms with Gasteiger partial charge in [-0.05, 0) is 28.7 Å². The third kappa shape index (κ3) is 4.03. The minimum absolute atomic E-state index is 0.00818. The van der Waals surface area contributed by atoms with E-state index in [1.54, 1.807) is 0 Å². The summed E-state index contributed by atoms with van der Waals surface area (Å²) >= 11 is 0. The number of hydrogen-bond acceptors (Lipinski definition) is 4. The first kappa shape index (κ1) is 17.9. The molecule has 4 N–H and O–H groups in total. The second-order valence-electron chi connectivity index (χ2n) is 6.40. The maximum atomic E-state index is 12.0. The van der Waals surface area contributed by atoms with Crippen molar-refractivity contribution in [3.8, 4) is 11.1 Å². The molecule has 6 nitrogen and oxygen atoms in total. The molecule has 0 heterocycles. The maximum absolute atomic E-state index is 12.0. The molecule has 26 heavy (non-hydrogen) atoms. The van der Waals surface area contributed by atoms with Crippen LogP contribution in [0.4, 0.5) is 4.79 Å². The fraction of sp³-hybridized carbons (Fsp3) is 0.300. The monoisotopic (exact) mass is 354 g/mol. The van der Waals surface area contributed by atoms with Crippen LogP contribution in [0.3, 0.4) is 0 Å². The summed E-state index contributed by atoms with van der Waals surface area (Å²) in [5, 5.41) is 11.2. The highest BCUT2D eigenvalue weighted by Gasteiger charge is 2.28. The molecule has 0 radical (unpaired) electrons. The summed E-state index contributed by atoms with van der Waals surface area (Å²) in [5.74, 6) is -0.893. The predicted molar refractivity (Wildman–Crippen MR) is 97.9 cm³/mol. The fourth-order valence-electron chi connectivity index (χ4n) is 3.27. The quantitative estimate of drug-likeness (QED) is 0.710. The van der Waals surface area contributed by atoms with Gasteiger partial charge in [-0.25, -0.2) is 4.79 Å². The highest BCUT2D eigenvalue weighted by atomic mass is 16.5. The molecule has 1 aliphatic carbocycles. The van der Waals surface area contributed by atoms with E-state index in [0.717, 1.165) is 11.1 Å². The van der Waals surface area contributed by atoms with Crippen molar-refractivity contribution in [3.05, 3.63) is 59.7 Å². The third-order valence-corrected chi connectivity index (χ3v) is 4.58.